The Labute approximate surface area is 116 Å². The molecule has 108 valence electrons. The molecule has 1 aromatic rings. The van der Waals surface area contributed by atoms with Crippen molar-refractivity contribution in [3.63, 3.8) is 0 Å². The number of rotatable bonds is 7. The maximum Gasteiger partial charge on any atom is 0.142 e. The van der Waals surface area contributed by atoms with Gasteiger partial charge in [-0.25, -0.2) is 0 Å². The molecule has 1 aromatic carbocycles. The highest BCUT2D eigenvalue weighted by atomic mass is 16.5. The second-order valence-electron chi connectivity index (χ2n) is 5.20. The Morgan fingerprint density at radius 1 is 1.37 bits per heavy atom. The van der Waals surface area contributed by atoms with Gasteiger partial charge in [0, 0.05) is 13.6 Å². The average molecular weight is 266 g/mol. The van der Waals surface area contributed by atoms with Gasteiger partial charge >= 0.3 is 0 Å². The van der Waals surface area contributed by atoms with Crippen molar-refractivity contribution >= 4 is 5.69 Å². The van der Waals surface area contributed by atoms with E-state index in [9.17, 15) is 5.11 Å². The van der Waals surface area contributed by atoms with Crippen molar-refractivity contribution in [1.82, 2.24) is 0 Å². The van der Waals surface area contributed by atoms with Gasteiger partial charge in [-0.05, 0) is 36.6 Å². The van der Waals surface area contributed by atoms with Crippen LogP contribution in [0.3, 0.4) is 0 Å². The molecule has 0 saturated carbocycles. The van der Waals surface area contributed by atoms with Crippen LogP contribution in [0.2, 0.25) is 0 Å². The van der Waals surface area contributed by atoms with Gasteiger partial charge in [0.1, 0.15) is 5.75 Å². The fraction of sp³-hybridized carbons (Fsp3) is 0.600. The van der Waals surface area contributed by atoms with Gasteiger partial charge in [0.15, 0.2) is 0 Å². The largest absolute Gasteiger partial charge is 0.495 e. The van der Waals surface area contributed by atoms with Gasteiger partial charge in [-0.2, -0.15) is 0 Å². The van der Waals surface area contributed by atoms with Crippen molar-refractivity contribution in [3.05, 3.63) is 23.8 Å². The first kappa shape index (κ1) is 15.8. The molecule has 19 heavy (non-hydrogen) atoms. The summed E-state index contributed by atoms with van der Waals surface area (Å²) in [7, 11) is 3.62. The first-order valence-electron chi connectivity index (χ1n) is 6.76. The summed E-state index contributed by atoms with van der Waals surface area (Å²) in [4.78, 5) is 2.00. The predicted octanol–water partition coefficient (Wildman–Crippen LogP) is 1.96. The van der Waals surface area contributed by atoms with Crippen LogP contribution in [0.25, 0.3) is 0 Å². The third-order valence-corrected chi connectivity index (χ3v) is 3.27. The quantitative estimate of drug-likeness (QED) is 0.792. The van der Waals surface area contributed by atoms with Crippen LogP contribution in [-0.4, -0.2) is 38.5 Å². The first-order chi connectivity index (χ1) is 8.99. The molecule has 4 nitrogen and oxygen atoms in total. The minimum Gasteiger partial charge on any atom is -0.495 e. The average Bonchev–Trinajstić information content (AvgIpc) is 2.37. The van der Waals surface area contributed by atoms with E-state index in [2.05, 4.69) is 26.0 Å². The van der Waals surface area contributed by atoms with Crippen molar-refractivity contribution in [2.75, 3.05) is 32.1 Å². The van der Waals surface area contributed by atoms with Crippen LogP contribution < -0.4 is 15.4 Å². The molecule has 1 atom stereocenters. The van der Waals surface area contributed by atoms with Gasteiger partial charge in [-0.3, -0.25) is 0 Å². The molecule has 1 unspecified atom stereocenters. The summed E-state index contributed by atoms with van der Waals surface area (Å²) >= 11 is 0. The Kier molecular flexibility index (Phi) is 6.12. The maximum absolute atomic E-state index is 9.82. The lowest BCUT2D eigenvalue weighted by Crippen LogP contribution is -2.30. The van der Waals surface area contributed by atoms with E-state index >= 15 is 0 Å². The van der Waals surface area contributed by atoms with Crippen molar-refractivity contribution in [2.24, 2.45) is 5.73 Å². The summed E-state index contributed by atoms with van der Waals surface area (Å²) in [5.74, 6) is 1.31. The van der Waals surface area contributed by atoms with Crippen LogP contribution in [0.15, 0.2) is 18.2 Å². The Bertz CT molecular complexity index is 394. The van der Waals surface area contributed by atoms with E-state index in [1.807, 2.05) is 18.0 Å². The highest BCUT2D eigenvalue weighted by Crippen LogP contribution is 2.31. The number of likely N-dealkylation sites (N-methyl/N-ethyl adjacent to an activating group) is 1. The number of methoxy groups -OCH3 is 1. The minimum absolute atomic E-state index is 0.413. The van der Waals surface area contributed by atoms with Crippen molar-refractivity contribution in [3.8, 4) is 5.75 Å². The van der Waals surface area contributed by atoms with E-state index in [4.69, 9.17) is 10.5 Å². The zero-order chi connectivity index (χ0) is 14.4. The number of aliphatic hydroxyl groups excluding tert-OH is 1. The summed E-state index contributed by atoms with van der Waals surface area (Å²) in [5, 5.41) is 9.82. The van der Waals surface area contributed by atoms with Crippen molar-refractivity contribution < 1.29 is 9.84 Å². The second kappa shape index (κ2) is 7.36. The molecule has 3 N–H and O–H groups in total. The molecule has 0 radical (unpaired) electrons. The fourth-order valence-corrected chi connectivity index (χ4v) is 2.07. The summed E-state index contributed by atoms with van der Waals surface area (Å²) in [6.07, 6.45) is 0.195. The van der Waals surface area contributed by atoms with Gasteiger partial charge in [0.2, 0.25) is 0 Å². The summed E-state index contributed by atoms with van der Waals surface area (Å²) < 4.78 is 5.45. The number of hydrogen-bond acceptors (Lipinski definition) is 4. The Morgan fingerprint density at radius 3 is 2.58 bits per heavy atom. The third-order valence-electron chi connectivity index (χ3n) is 3.27. The molecule has 0 aliphatic carbocycles. The monoisotopic (exact) mass is 266 g/mol. The molecule has 0 aromatic heterocycles. The van der Waals surface area contributed by atoms with Crippen LogP contribution in [0.4, 0.5) is 5.69 Å². The molecular formula is C15H26N2O2. The number of aliphatic hydroxyl groups is 1. The fourth-order valence-electron chi connectivity index (χ4n) is 2.07. The molecule has 0 aliphatic rings. The Balaban J connectivity index is 2.87. The molecule has 0 fully saturated rings. The van der Waals surface area contributed by atoms with Gasteiger partial charge in [-0.15, -0.1) is 0 Å². The van der Waals surface area contributed by atoms with Crippen LogP contribution in [0, 0.1) is 0 Å². The number of hydrogen-bond donors (Lipinski definition) is 2. The van der Waals surface area contributed by atoms with Gasteiger partial charge in [-0.1, -0.05) is 19.9 Å². The van der Waals surface area contributed by atoms with E-state index in [1.165, 1.54) is 5.56 Å². The number of nitrogens with two attached hydrogens (primary N) is 1. The zero-order valence-electron chi connectivity index (χ0n) is 12.4. The molecule has 1 rings (SSSR count). The molecule has 0 spiro atoms. The van der Waals surface area contributed by atoms with Crippen LogP contribution in [0.5, 0.6) is 5.75 Å². The summed E-state index contributed by atoms with van der Waals surface area (Å²) in [6.45, 7) is 5.36. The lowest BCUT2D eigenvalue weighted by molar-refractivity contribution is 0.174. The SMILES string of the molecule is COc1cc(C(C)C)ccc1N(C)CC(O)CCN. The second-order valence-corrected chi connectivity index (χ2v) is 5.20. The topological polar surface area (TPSA) is 58.7 Å². The molecule has 0 bridgehead atoms. The molecular weight excluding hydrogens is 240 g/mol. The summed E-state index contributed by atoms with van der Waals surface area (Å²) in [6, 6.07) is 6.21. The van der Waals surface area contributed by atoms with E-state index < -0.39 is 6.10 Å². The lowest BCUT2D eigenvalue weighted by Gasteiger charge is -2.25. The van der Waals surface area contributed by atoms with Gasteiger partial charge < -0.3 is 20.5 Å². The molecule has 0 heterocycles. The number of nitrogens with zero attached hydrogens (tertiary/aromatic N) is 1. The minimum atomic E-state index is -0.413. The molecule has 4 heteroatoms. The van der Waals surface area contributed by atoms with Gasteiger partial charge in [0.05, 0.1) is 18.9 Å². The first-order valence-corrected chi connectivity index (χ1v) is 6.76. The highest BCUT2D eigenvalue weighted by Gasteiger charge is 2.13. The lowest BCUT2D eigenvalue weighted by atomic mass is 10.0. The Hall–Kier alpha value is -1.26. The molecule has 0 amide bonds. The van der Waals surface area contributed by atoms with E-state index in [1.54, 1.807) is 7.11 Å². The van der Waals surface area contributed by atoms with Crippen LogP contribution >= 0.6 is 0 Å². The van der Waals surface area contributed by atoms with Gasteiger partial charge in [0.25, 0.3) is 0 Å². The predicted molar refractivity (Wildman–Crippen MR) is 80.0 cm³/mol. The Morgan fingerprint density at radius 2 is 2.05 bits per heavy atom. The van der Waals surface area contributed by atoms with E-state index in [0.717, 1.165) is 11.4 Å². The highest BCUT2D eigenvalue weighted by molar-refractivity contribution is 5.59. The number of anilines is 1. The van der Waals surface area contributed by atoms with Crippen LogP contribution in [0.1, 0.15) is 31.7 Å². The summed E-state index contributed by atoms with van der Waals surface area (Å²) in [5.41, 5.74) is 7.69. The van der Waals surface area contributed by atoms with E-state index in [0.29, 0.717) is 25.4 Å². The van der Waals surface area contributed by atoms with Crippen molar-refractivity contribution in [2.45, 2.75) is 32.3 Å². The maximum atomic E-state index is 9.82. The van der Waals surface area contributed by atoms with Crippen LogP contribution in [-0.2, 0) is 0 Å². The smallest absolute Gasteiger partial charge is 0.142 e. The normalized spacial score (nSPS) is 12.6. The number of benzene rings is 1. The molecule has 0 saturated heterocycles. The third kappa shape index (κ3) is 4.40. The standard InChI is InChI=1S/C15H26N2O2/c1-11(2)12-5-6-14(15(9-12)19-4)17(3)10-13(18)7-8-16/h5-6,9,11,13,18H,7-8,10,16H2,1-4H3. The zero-order valence-corrected chi connectivity index (χ0v) is 12.4. The molecule has 0 aliphatic heterocycles. The van der Waals surface area contributed by atoms with E-state index in [-0.39, 0.29) is 0 Å². The van der Waals surface area contributed by atoms with Crippen molar-refractivity contribution in [1.29, 1.82) is 0 Å². The number of ether oxygens (including phenoxy) is 1.